The van der Waals surface area contributed by atoms with Gasteiger partial charge in [-0.25, -0.2) is 4.79 Å². The first-order chi connectivity index (χ1) is 19.9. The Morgan fingerprint density at radius 1 is 1.00 bits per heavy atom. The van der Waals surface area contributed by atoms with Gasteiger partial charge in [0, 0.05) is 28.2 Å². The summed E-state index contributed by atoms with van der Waals surface area (Å²) >= 11 is 0. The van der Waals surface area contributed by atoms with Crippen LogP contribution in [0.5, 0.6) is 0 Å². The van der Waals surface area contributed by atoms with Gasteiger partial charge in [-0.15, -0.1) is 0 Å². The van der Waals surface area contributed by atoms with Crippen molar-refractivity contribution in [3.63, 3.8) is 0 Å². The summed E-state index contributed by atoms with van der Waals surface area (Å²) < 4.78 is 30.8. The molecule has 2 saturated carbocycles. The van der Waals surface area contributed by atoms with Crippen molar-refractivity contribution in [3.8, 4) is 0 Å². The molecular formula is C33H44O9. The topological polar surface area (TPSA) is 125 Å². The molecule has 9 heteroatoms. The average Bonchev–Trinajstić information content (AvgIpc) is 3.49. The number of rotatable bonds is 7. The molecule has 230 valence electrons. The number of unbranched alkanes of at least 4 members (excludes halogenated alkanes) is 4. The minimum absolute atomic E-state index is 0.0541. The number of aryl methyl sites for hydroxylation is 1. The summed E-state index contributed by atoms with van der Waals surface area (Å²) in [7, 11) is 0. The molecule has 5 heterocycles. The Morgan fingerprint density at radius 3 is 2.52 bits per heavy atom. The molecule has 0 aromatic carbocycles. The number of carbonyl (C=O) groups excluding carboxylic acids is 3. The molecular weight excluding hydrogens is 540 g/mol. The van der Waals surface area contributed by atoms with Gasteiger partial charge in [0.1, 0.15) is 30.2 Å². The summed E-state index contributed by atoms with van der Waals surface area (Å²) in [5, 5.41) is 12.1. The number of ether oxygens (including phenoxy) is 4. The van der Waals surface area contributed by atoms with Crippen molar-refractivity contribution in [3.05, 3.63) is 23.7 Å². The molecule has 2 spiro atoms. The van der Waals surface area contributed by atoms with E-state index in [1.807, 2.05) is 26.8 Å². The smallest absolute Gasteiger partial charge is 0.339 e. The fourth-order valence-corrected chi connectivity index (χ4v) is 10.7. The van der Waals surface area contributed by atoms with Gasteiger partial charge in [0.2, 0.25) is 0 Å². The second-order valence-electron chi connectivity index (χ2n) is 14.7. The third kappa shape index (κ3) is 3.28. The van der Waals surface area contributed by atoms with E-state index in [1.165, 1.54) is 19.3 Å². The minimum atomic E-state index is -1.38. The number of cyclic esters (lactones) is 2. The van der Waals surface area contributed by atoms with Crippen LogP contribution in [0.4, 0.5) is 0 Å². The Hall–Kier alpha value is -2.23. The molecule has 6 aliphatic rings. The lowest BCUT2D eigenvalue weighted by Gasteiger charge is -2.66. The fraction of sp³-hybridized carbons (Fsp3) is 0.788. The van der Waals surface area contributed by atoms with Crippen LogP contribution in [-0.4, -0.2) is 58.9 Å². The monoisotopic (exact) mass is 584 g/mol. The van der Waals surface area contributed by atoms with Crippen molar-refractivity contribution in [2.75, 3.05) is 6.61 Å². The van der Waals surface area contributed by atoms with E-state index in [0.29, 0.717) is 12.8 Å². The predicted octanol–water partition coefficient (Wildman–Crippen LogP) is 4.62. The first-order valence-electron chi connectivity index (χ1n) is 15.9. The quantitative estimate of drug-likeness (QED) is 0.278. The van der Waals surface area contributed by atoms with Crippen molar-refractivity contribution in [1.29, 1.82) is 0 Å². The zero-order valence-electron chi connectivity index (χ0n) is 25.4. The highest BCUT2D eigenvalue weighted by atomic mass is 16.7. The number of fused-ring (bicyclic) bond motifs is 1. The average molecular weight is 585 g/mol. The Morgan fingerprint density at radius 2 is 1.76 bits per heavy atom. The largest absolute Gasteiger partial charge is 0.469 e. The minimum Gasteiger partial charge on any atom is -0.469 e. The lowest BCUT2D eigenvalue weighted by molar-refractivity contribution is -0.252. The van der Waals surface area contributed by atoms with E-state index in [1.54, 1.807) is 6.26 Å². The molecule has 10 atom stereocenters. The zero-order valence-corrected chi connectivity index (χ0v) is 25.4. The lowest BCUT2D eigenvalue weighted by Crippen LogP contribution is -2.76. The van der Waals surface area contributed by atoms with Crippen LogP contribution in [0.3, 0.4) is 0 Å². The van der Waals surface area contributed by atoms with Gasteiger partial charge in [-0.2, -0.15) is 0 Å². The summed E-state index contributed by atoms with van der Waals surface area (Å²) in [5.74, 6) is -1.24. The number of carbonyl (C=O) groups is 3. The highest BCUT2D eigenvalue weighted by Gasteiger charge is 2.90. The number of aliphatic hydroxyl groups is 1. The maximum Gasteiger partial charge on any atom is 0.339 e. The van der Waals surface area contributed by atoms with Crippen LogP contribution in [0.25, 0.3) is 0 Å². The Bertz CT molecular complexity index is 1320. The van der Waals surface area contributed by atoms with Gasteiger partial charge in [0.05, 0.1) is 30.3 Å². The van der Waals surface area contributed by atoms with Gasteiger partial charge in [0.15, 0.2) is 11.9 Å². The third-order valence-electron chi connectivity index (χ3n) is 12.4. The van der Waals surface area contributed by atoms with E-state index in [0.717, 1.165) is 30.6 Å². The Balaban J connectivity index is 1.30. The molecule has 1 aromatic heterocycles. The Labute approximate surface area is 247 Å². The molecule has 1 aromatic rings. The molecule has 0 amide bonds. The van der Waals surface area contributed by atoms with E-state index in [2.05, 4.69) is 13.8 Å². The summed E-state index contributed by atoms with van der Waals surface area (Å²) in [5.41, 5.74) is -3.84. The molecule has 4 saturated heterocycles. The first kappa shape index (κ1) is 28.5. The number of hydrogen-bond donors (Lipinski definition) is 1. The van der Waals surface area contributed by atoms with Gasteiger partial charge in [-0.1, -0.05) is 46.5 Å². The summed E-state index contributed by atoms with van der Waals surface area (Å²) in [6, 6.07) is 1.90. The predicted molar refractivity (Wildman–Crippen MR) is 148 cm³/mol. The standard InChI is InChI=1S/C33H44O9/c1-6-7-8-9-10-11-19-18(13-15-38-19)26-30(4)14-12-20-31(5,33(30)27(42-33)28(37)40-26)25(36)23(35)24-29(2,3)41-21-16-22(34)39-17-32(20,21)24/h13,15,20-21,24-27,36H,6-12,14,16-17H2,1-5H3/t20-,21+,24+,25-,26-,27-,30-,31+,32-,33+/m1/s1. The first-order valence-corrected chi connectivity index (χ1v) is 15.9. The maximum atomic E-state index is 14.3. The van der Waals surface area contributed by atoms with Crippen molar-refractivity contribution in [2.24, 2.45) is 28.1 Å². The summed E-state index contributed by atoms with van der Waals surface area (Å²) in [4.78, 5) is 40.4. The number of furan rings is 1. The highest BCUT2D eigenvalue weighted by Crippen LogP contribution is 2.80. The molecule has 42 heavy (non-hydrogen) atoms. The van der Waals surface area contributed by atoms with E-state index in [-0.39, 0.29) is 30.7 Å². The van der Waals surface area contributed by atoms with Crippen LogP contribution in [0.15, 0.2) is 16.7 Å². The molecule has 0 radical (unpaired) electrons. The molecule has 2 aliphatic carbocycles. The second kappa shape index (κ2) is 9.14. The van der Waals surface area contributed by atoms with E-state index in [4.69, 9.17) is 23.4 Å². The highest BCUT2D eigenvalue weighted by molar-refractivity contribution is 5.92. The lowest BCUT2D eigenvalue weighted by atomic mass is 9.36. The van der Waals surface area contributed by atoms with Crippen molar-refractivity contribution < 1.29 is 42.9 Å². The fourth-order valence-electron chi connectivity index (χ4n) is 10.7. The van der Waals surface area contributed by atoms with Crippen LogP contribution in [0.2, 0.25) is 0 Å². The van der Waals surface area contributed by atoms with Gasteiger partial charge in [-0.3, -0.25) is 9.59 Å². The van der Waals surface area contributed by atoms with Crippen LogP contribution < -0.4 is 0 Å². The number of Topliss-reactive ketones (excluding diaryl/α,β-unsaturated/α-hetero) is 1. The van der Waals surface area contributed by atoms with Crippen molar-refractivity contribution in [1.82, 2.24) is 0 Å². The molecule has 1 N–H and O–H groups in total. The number of aliphatic hydroxyl groups excluding tert-OH is 1. The SMILES string of the molecule is CCCCCCCc1occc1[C@H]1OC(=O)[C@H]2O[C@@]23[C@]2(C)[C@H](O)C(=O)[C@H]4C(C)(C)O[C@H]5CC(=O)OC[C@@]54[C@@H]2CC[C@]13C. The van der Waals surface area contributed by atoms with Crippen LogP contribution in [0, 0.1) is 28.1 Å². The maximum absolute atomic E-state index is 14.3. The van der Waals surface area contributed by atoms with E-state index < -0.39 is 63.8 Å². The van der Waals surface area contributed by atoms with Crippen LogP contribution >= 0.6 is 0 Å². The van der Waals surface area contributed by atoms with Gasteiger partial charge >= 0.3 is 11.9 Å². The van der Waals surface area contributed by atoms with E-state index in [9.17, 15) is 19.5 Å². The van der Waals surface area contributed by atoms with Crippen molar-refractivity contribution >= 4 is 17.7 Å². The number of esters is 2. The summed E-state index contributed by atoms with van der Waals surface area (Å²) in [6.45, 7) is 9.98. The normalized spacial score (nSPS) is 46.5. The van der Waals surface area contributed by atoms with Crippen LogP contribution in [-0.2, 0) is 39.8 Å². The molecule has 4 aliphatic heterocycles. The molecule has 0 unspecified atom stereocenters. The molecule has 0 bridgehead atoms. The number of epoxide rings is 1. The molecule has 9 nitrogen and oxygen atoms in total. The molecule has 6 fully saturated rings. The number of ketones is 1. The number of hydrogen-bond acceptors (Lipinski definition) is 9. The van der Waals surface area contributed by atoms with Crippen LogP contribution in [0.1, 0.15) is 103 Å². The molecule has 7 rings (SSSR count). The third-order valence-corrected chi connectivity index (χ3v) is 12.4. The summed E-state index contributed by atoms with van der Waals surface area (Å²) in [6.07, 6.45) is 5.97. The van der Waals surface area contributed by atoms with Gasteiger partial charge < -0.3 is 28.5 Å². The second-order valence-corrected chi connectivity index (χ2v) is 14.7. The van der Waals surface area contributed by atoms with Gasteiger partial charge in [-0.05, 0) is 45.1 Å². The van der Waals surface area contributed by atoms with E-state index >= 15 is 0 Å². The Kier molecular flexibility index (Phi) is 6.21. The van der Waals surface area contributed by atoms with Crippen molar-refractivity contribution in [2.45, 2.75) is 128 Å². The van der Waals surface area contributed by atoms with Gasteiger partial charge in [0.25, 0.3) is 0 Å². The zero-order chi connectivity index (χ0) is 29.9.